The van der Waals surface area contributed by atoms with Crippen molar-refractivity contribution in [2.45, 2.75) is 6.54 Å². The van der Waals surface area contributed by atoms with Crippen LogP contribution in [0.2, 0.25) is 0 Å². The third-order valence-electron chi connectivity index (χ3n) is 5.65. The number of nitrogens with zero attached hydrogens (tertiary/aromatic N) is 4. The van der Waals surface area contributed by atoms with E-state index < -0.39 is 0 Å². The van der Waals surface area contributed by atoms with Gasteiger partial charge in [-0.25, -0.2) is 0 Å². The van der Waals surface area contributed by atoms with Crippen molar-refractivity contribution >= 4 is 32.7 Å². The highest BCUT2D eigenvalue weighted by Crippen LogP contribution is 2.22. The van der Waals surface area contributed by atoms with Crippen molar-refractivity contribution < 1.29 is 14.1 Å². The van der Waals surface area contributed by atoms with E-state index in [1.165, 1.54) is 0 Å². The van der Waals surface area contributed by atoms with Crippen molar-refractivity contribution in [1.82, 2.24) is 24.9 Å². The van der Waals surface area contributed by atoms with E-state index in [9.17, 15) is 4.79 Å². The van der Waals surface area contributed by atoms with Crippen LogP contribution in [-0.4, -0.2) is 64.1 Å². The van der Waals surface area contributed by atoms with Crippen molar-refractivity contribution in [3.8, 4) is 17.1 Å². The first-order valence-corrected chi connectivity index (χ1v) is 11.2. The zero-order chi connectivity index (χ0) is 22.1. The van der Waals surface area contributed by atoms with Crippen LogP contribution in [-0.2, 0) is 6.54 Å². The van der Waals surface area contributed by atoms with Crippen LogP contribution in [0.4, 0.5) is 0 Å². The summed E-state index contributed by atoms with van der Waals surface area (Å²) < 4.78 is 11.6. The Balaban J connectivity index is 1.18. The first kappa shape index (κ1) is 20.7. The van der Waals surface area contributed by atoms with E-state index in [4.69, 9.17) is 9.26 Å². The Hall–Kier alpha value is -3.17. The fourth-order valence-corrected chi connectivity index (χ4v) is 4.22. The molecule has 9 heteroatoms. The fraction of sp³-hybridized carbons (Fsp3) is 0.261. The predicted molar refractivity (Wildman–Crippen MR) is 123 cm³/mol. The van der Waals surface area contributed by atoms with Crippen molar-refractivity contribution in [3.63, 3.8) is 0 Å². The molecule has 0 unspecified atom stereocenters. The Morgan fingerprint density at radius 2 is 1.91 bits per heavy atom. The smallest absolute Gasteiger partial charge is 0.270 e. The maximum absolute atomic E-state index is 12.9. The maximum Gasteiger partial charge on any atom is 0.270 e. The number of aromatic nitrogens is 3. The molecule has 1 aliphatic heterocycles. The Morgan fingerprint density at radius 3 is 2.66 bits per heavy atom. The van der Waals surface area contributed by atoms with Crippen LogP contribution in [0, 0.1) is 0 Å². The molecule has 0 spiro atoms. The lowest BCUT2D eigenvalue weighted by Gasteiger charge is -2.33. The molecule has 0 saturated carbocycles. The molecule has 2 aromatic heterocycles. The van der Waals surface area contributed by atoms with Crippen LogP contribution in [0.25, 0.3) is 22.3 Å². The minimum Gasteiger partial charge on any atom is -0.497 e. The summed E-state index contributed by atoms with van der Waals surface area (Å²) in [5.74, 6) is 1.93. The Kier molecular flexibility index (Phi) is 5.67. The highest BCUT2D eigenvalue weighted by Gasteiger charge is 2.24. The van der Waals surface area contributed by atoms with Crippen LogP contribution < -0.4 is 4.74 Å². The summed E-state index contributed by atoms with van der Waals surface area (Å²) >= 11 is 3.47. The van der Waals surface area contributed by atoms with E-state index in [1.54, 1.807) is 7.11 Å². The highest BCUT2D eigenvalue weighted by atomic mass is 79.9. The lowest BCUT2D eigenvalue weighted by molar-refractivity contribution is 0.0610. The minimum absolute atomic E-state index is 0.0246. The molecule has 4 aromatic rings. The van der Waals surface area contributed by atoms with Gasteiger partial charge >= 0.3 is 0 Å². The molecule has 0 radical (unpaired) electrons. The Bertz CT molecular complexity index is 1240. The lowest BCUT2D eigenvalue weighted by atomic mass is 10.2. The number of hydrogen-bond donors (Lipinski definition) is 1. The van der Waals surface area contributed by atoms with Crippen LogP contribution in [0.1, 0.15) is 16.4 Å². The number of carbonyl (C=O) groups excluding carboxylic acids is 1. The topological polar surface area (TPSA) is 87.5 Å². The summed E-state index contributed by atoms with van der Waals surface area (Å²) in [6, 6.07) is 15.4. The zero-order valence-corrected chi connectivity index (χ0v) is 19.1. The van der Waals surface area contributed by atoms with Gasteiger partial charge < -0.3 is 19.1 Å². The number of fused-ring (bicyclic) bond motifs is 1. The Labute approximate surface area is 193 Å². The van der Waals surface area contributed by atoms with Gasteiger partial charge in [0.25, 0.3) is 5.91 Å². The lowest BCUT2D eigenvalue weighted by Crippen LogP contribution is -2.48. The molecule has 5 rings (SSSR count). The molecule has 3 heterocycles. The van der Waals surface area contributed by atoms with Gasteiger partial charge in [-0.2, -0.15) is 4.98 Å². The van der Waals surface area contributed by atoms with Crippen molar-refractivity contribution in [2.24, 2.45) is 0 Å². The van der Waals surface area contributed by atoms with Crippen LogP contribution in [0.3, 0.4) is 0 Å². The molecule has 164 valence electrons. The molecule has 1 aliphatic rings. The summed E-state index contributed by atoms with van der Waals surface area (Å²) in [7, 11) is 1.63. The number of rotatable bonds is 5. The second kappa shape index (κ2) is 8.76. The summed E-state index contributed by atoms with van der Waals surface area (Å²) in [6.07, 6.45) is 0. The number of methoxy groups -OCH3 is 1. The van der Waals surface area contributed by atoms with Gasteiger partial charge in [0.15, 0.2) is 0 Å². The van der Waals surface area contributed by atoms with Gasteiger partial charge in [-0.1, -0.05) is 27.2 Å². The molecule has 0 atom stereocenters. The molecular formula is C23H22BrN5O3. The van der Waals surface area contributed by atoms with Gasteiger partial charge in [-0.15, -0.1) is 0 Å². The number of aromatic amines is 1. The number of piperazine rings is 1. The molecule has 1 amide bonds. The SMILES string of the molecule is COc1ccc(-c2noc(CN3CCN(C(=O)c4cc5ccc(Br)cc5[nH]4)CC3)n2)cc1. The third-order valence-corrected chi connectivity index (χ3v) is 6.14. The number of carbonyl (C=O) groups is 1. The molecule has 8 nitrogen and oxygen atoms in total. The summed E-state index contributed by atoms with van der Waals surface area (Å²) in [6.45, 7) is 3.36. The zero-order valence-electron chi connectivity index (χ0n) is 17.5. The largest absolute Gasteiger partial charge is 0.497 e. The highest BCUT2D eigenvalue weighted by molar-refractivity contribution is 9.10. The first-order chi connectivity index (χ1) is 15.6. The average molecular weight is 496 g/mol. The van der Waals surface area contributed by atoms with Crippen LogP contribution >= 0.6 is 15.9 Å². The van der Waals surface area contributed by atoms with Gasteiger partial charge in [0.1, 0.15) is 11.4 Å². The quantitative estimate of drug-likeness (QED) is 0.451. The number of H-pyrrole nitrogens is 1. The van der Waals surface area contributed by atoms with Gasteiger partial charge in [-0.3, -0.25) is 9.69 Å². The second-order valence-corrected chi connectivity index (χ2v) is 8.64. The van der Waals surface area contributed by atoms with Crippen LogP contribution in [0.5, 0.6) is 5.75 Å². The summed E-state index contributed by atoms with van der Waals surface area (Å²) in [5.41, 5.74) is 2.44. The normalized spacial score (nSPS) is 14.8. The molecule has 1 N–H and O–H groups in total. The summed E-state index contributed by atoms with van der Waals surface area (Å²) in [4.78, 5) is 24.8. The van der Waals surface area contributed by atoms with Crippen molar-refractivity contribution in [3.05, 3.63) is 64.6 Å². The average Bonchev–Trinajstić information content (AvgIpc) is 3.46. The number of amides is 1. The Morgan fingerprint density at radius 1 is 1.12 bits per heavy atom. The molecule has 32 heavy (non-hydrogen) atoms. The number of nitrogens with one attached hydrogen (secondary N) is 1. The van der Waals surface area contributed by atoms with Crippen LogP contribution in [0.15, 0.2) is 57.5 Å². The second-order valence-electron chi connectivity index (χ2n) is 7.72. The standard InChI is InChI=1S/C23H22BrN5O3/c1-31-18-6-3-15(4-7-18)22-26-21(32-27-22)14-28-8-10-29(11-9-28)23(30)20-12-16-2-5-17(24)13-19(16)25-20/h2-7,12-13,25H,8-11,14H2,1H3. The molecule has 1 saturated heterocycles. The van der Waals surface area contributed by atoms with Crippen molar-refractivity contribution in [2.75, 3.05) is 33.3 Å². The van der Waals surface area contributed by atoms with Gasteiger partial charge in [0.2, 0.25) is 11.7 Å². The monoisotopic (exact) mass is 495 g/mol. The van der Waals surface area contributed by atoms with Gasteiger partial charge in [-0.05, 0) is 42.5 Å². The summed E-state index contributed by atoms with van der Waals surface area (Å²) in [5, 5.41) is 5.12. The fourth-order valence-electron chi connectivity index (χ4n) is 3.86. The van der Waals surface area contributed by atoms with E-state index in [1.807, 2.05) is 53.4 Å². The minimum atomic E-state index is 0.0246. The first-order valence-electron chi connectivity index (χ1n) is 10.4. The van der Waals surface area contributed by atoms with Crippen molar-refractivity contribution in [1.29, 1.82) is 0 Å². The molecule has 0 bridgehead atoms. The third kappa shape index (κ3) is 4.26. The van der Waals surface area contributed by atoms with E-state index in [2.05, 4.69) is 36.0 Å². The molecule has 2 aromatic carbocycles. The van der Waals surface area contributed by atoms with E-state index in [0.717, 1.165) is 39.8 Å². The van der Waals surface area contributed by atoms with E-state index in [-0.39, 0.29) is 5.91 Å². The maximum atomic E-state index is 12.9. The molecule has 0 aliphatic carbocycles. The number of benzene rings is 2. The molecule has 1 fully saturated rings. The van der Waals surface area contributed by atoms with Gasteiger partial charge in [0, 0.05) is 47.1 Å². The van der Waals surface area contributed by atoms with Gasteiger partial charge in [0.05, 0.1) is 13.7 Å². The number of ether oxygens (including phenoxy) is 1. The van der Waals surface area contributed by atoms with E-state index >= 15 is 0 Å². The molecular weight excluding hydrogens is 474 g/mol. The number of hydrogen-bond acceptors (Lipinski definition) is 6. The number of halogens is 1. The van der Waals surface area contributed by atoms with E-state index in [0.29, 0.717) is 37.0 Å². The predicted octanol–water partition coefficient (Wildman–Crippen LogP) is 3.95.